The van der Waals surface area contributed by atoms with Crippen LogP contribution < -0.4 is 0 Å². The third-order valence-corrected chi connectivity index (χ3v) is 5.56. The lowest BCUT2D eigenvalue weighted by atomic mass is 9.77. The number of likely N-dealkylation sites (tertiary alicyclic amines) is 1. The van der Waals surface area contributed by atoms with Crippen molar-refractivity contribution in [3.05, 3.63) is 0 Å². The van der Waals surface area contributed by atoms with Crippen LogP contribution in [-0.2, 0) is 4.79 Å². The van der Waals surface area contributed by atoms with Gasteiger partial charge in [0.15, 0.2) is 0 Å². The van der Waals surface area contributed by atoms with Gasteiger partial charge in [0.05, 0.1) is 5.92 Å². The van der Waals surface area contributed by atoms with Crippen LogP contribution in [0, 0.1) is 17.8 Å². The predicted octanol–water partition coefficient (Wildman–Crippen LogP) is 3.99. The average molecular weight is 356 g/mol. The number of halogens is 4. The van der Waals surface area contributed by atoms with Crippen LogP contribution in [0.2, 0.25) is 0 Å². The van der Waals surface area contributed by atoms with Crippen molar-refractivity contribution in [1.29, 1.82) is 0 Å². The summed E-state index contributed by atoms with van der Waals surface area (Å²) < 4.78 is 39.2. The Bertz CT molecular complexity index is 340. The van der Waals surface area contributed by atoms with Crippen molar-refractivity contribution in [3.63, 3.8) is 0 Å². The van der Waals surface area contributed by atoms with Crippen molar-refractivity contribution in [2.45, 2.75) is 44.7 Å². The first-order chi connectivity index (χ1) is 9.43. The minimum absolute atomic E-state index is 0.109. The SMILES string of the molecule is O=C(C1CCCCC1C(F)(F)F)N1CCC(CBr)CC1. The quantitative estimate of drug-likeness (QED) is 0.686. The van der Waals surface area contributed by atoms with Gasteiger partial charge in [-0.15, -0.1) is 0 Å². The molecule has 1 saturated carbocycles. The zero-order valence-electron chi connectivity index (χ0n) is 11.5. The zero-order chi connectivity index (χ0) is 14.8. The summed E-state index contributed by atoms with van der Waals surface area (Å²) in [5, 5.41) is 0.906. The minimum Gasteiger partial charge on any atom is -0.342 e. The molecule has 2 nitrogen and oxygen atoms in total. The van der Waals surface area contributed by atoms with Crippen molar-refractivity contribution >= 4 is 21.8 Å². The summed E-state index contributed by atoms with van der Waals surface area (Å²) in [6, 6.07) is 0. The van der Waals surface area contributed by atoms with Crippen molar-refractivity contribution in [3.8, 4) is 0 Å². The Kier molecular flexibility index (Phi) is 5.37. The summed E-state index contributed by atoms with van der Waals surface area (Å²) in [7, 11) is 0. The monoisotopic (exact) mass is 355 g/mol. The average Bonchev–Trinajstić information content (AvgIpc) is 2.46. The van der Waals surface area contributed by atoms with Crippen molar-refractivity contribution in [1.82, 2.24) is 4.90 Å². The maximum absolute atomic E-state index is 13.1. The Balaban J connectivity index is 2.00. The number of nitrogens with zero attached hydrogens (tertiary/aromatic N) is 1. The normalized spacial score (nSPS) is 29.5. The fourth-order valence-corrected chi connectivity index (χ4v) is 4.01. The van der Waals surface area contributed by atoms with E-state index in [0.717, 1.165) is 24.6 Å². The van der Waals surface area contributed by atoms with Gasteiger partial charge in [-0.05, 0) is 31.6 Å². The number of carbonyl (C=O) groups excluding carboxylic acids is 1. The molecule has 1 saturated heterocycles. The summed E-state index contributed by atoms with van der Waals surface area (Å²) in [4.78, 5) is 14.1. The van der Waals surface area contributed by atoms with Crippen LogP contribution in [0.1, 0.15) is 38.5 Å². The molecule has 2 rings (SSSR count). The first kappa shape index (κ1) is 16.1. The van der Waals surface area contributed by atoms with Gasteiger partial charge in [-0.1, -0.05) is 28.8 Å². The zero-order valence-corrected chi connectivity index (χ0v) is 13.0. The topological polar surface area (TPSA) is 20.3 Å². The smallest absolute Gasteiger partial charge is 0.342 e. The first-order valence-corrected chi connectivity index (χ1v) is 8.47. The molecule has 0 aromatic heterocycles. The van der Waals surface area contributed by atoms with Crippen molar-refractivity contribution in [2.75, 3.05) is 18.4 Å². The standard InChI is InChI=1S/C14H21BrF3NO/c15-9-10-5-7-19(8-6-10)13(20)11-3-1-2-4-12(11)14(16,17)18/h10-12H,1-9H2. The van der Waals surface area contributed by atoms with Gasteiger partial charge >= 0.3 is 6.18 Å². The molecule has 6 heteroatoms. The van der Waals surface area contributed by atoms with Gasteiger partial charge in [0.1, 0.15) is 0 Å². The molecule has 1 aliphatic heterocycles. The minimum atomic E-state index is -4.24. The summed E-state index contributed by atoms with van der Waals surface area (Å²) in [5.41, 5.74) is 0. The lowest BCUT2D eigenvalue weighted by Gasteiger charge is -2.38. The molecule has 2 atom stereocenters. The molecule has 0 radical (unpaired) electrons. The lowest BCUT2D eigenvalue weighted by Crippen LogP contribution is -2.47. The second kappa shape index (κ2) is 6.67. The van der Waals surface area contributed by atoms with Gasteiger partial charge in [-0.2, -0.15) is 13.2 Å². The van der Waals surface area contributed by atoms with E-state index in [1.165, 1.54) is 0 Å². The highest BCUT2D eigenvalue weighted by Crippen LogP contribution is 2.42. The summed E-state index contributed by atoms with van der Waals surface area (Å²) in [6.45, 7) is 1.21. The van der Waals surface area contributed by atoms with Crippen LogP contribution in [0.5, 0.6) is 0 Å². The number of rotatable bonds is 2. The Labute approximate surface area is 126 Å². The van der Waals surface area contributed by atoms with Crippen LogP contribution in [0.4, 0.5) is 13.2 Å². The molecule has 0 aromatic rings. The fourth-order valence-electron chi connectivity index (χ4n) is 3.36. The second-order valence-corrected chi connectivity index (χ2v) is 6.61. The van der Waals surface area contributed by atoms with E-state index in [0.29, 0.717) is 31.8 Å². The molecule has 116 valence electrons. The highest BCUT2D eigenvalue weighted by atomic mass is 79.9. The van der Waals surface area contributed by atoms with Crippen LogP contribution in [0.25, 0.3) is 0 Å². The second-order valence-electron chi connectivity index (χ2n) is 5.96. The number of piperidine rings is 1. The maximum atomic E-state index is 13.1. The molecule has 1 amide bonds. The molecule has 1 aliphatic carbocycles. The van der Waals surface area contributed by atoms with E-state index in [-0.39, 0.29) is 12.3 Å². The first-order valence-electron chi connectivity index (χ1n) is 7.35. The van der Waals surface area contributed by atoms with E-state index >= 15 is 0 Å². The number of hydrogen-bond donors (Lipinski definition) is 0. The predicted molar refractivity (Wildman–Crippen MR) is 74.6 cm³/mol. The molecule has 0 N–H and O–H groups in total. The largest absolute Gasteiger partial charge is 0.392 e. The van der Waals surface area contributed by atoms with Gasteiger partial charge in [0, 0.05) is 24.3 Å². The van der Waals surface area contributed by atoms with Crippen LogP contribution in [-0.4, -0.2) is 35.4 Å². The fraction of sp³-hybridized carbons (Fsp3) is 0.929. The molecule has 1 heterocycles. The van der Waals surface area contributed by atoms with E-state index in [1.807, 2.05) is 0 Å². The number of amides is 1. The summed E-state index contributed by atoms with van der Waals surface area (Å²) in [6.07, 6.45) is -0.644. The van der Waals surface area contributed by atoms with E-state index in [4.69, 9.17) is 0 Å². The molecule has 0 spiro atoms. The number of hydrogen-bond acceptors (Lipinski definition) is 1. The third kappa shape index (κ3) is 3.68. The summed E-state index contributed by atoms with van der Waals surface area (Å²) in [5.74, 6) is -1.99. The van der Waals surface area contributed by atoms with Gasteiger partial charge in [-0.3, -0.25) is 4.79 Å². The van der Waals surface area contributed by atoms with Crippen LogP contribution in [0.15, 0.2) is 0 Å². The van der Waals surface area contributed by atoms with Crippen molar-refractivity contribution in [2.24, 2.45) is 17.8 Å². The van der Waals surface area contributed by atoms with Crippen molar-refractivity contribution < 1.29 is 18.0 Å². The van der Waals surface area contributed by atoms with E-state index < -0.39 is 18.0 Å². The van der Waals surface area contributed by atoms with Gasteiger partial charge < -0.3 is 4.90 Å². The Morgan fingerprint density at radius 1 is 1.10 bits per heavy atom. The Hall–Kier alpha value is -0.260. The molecular weight excluding hydrogens is 335 g/mol. The maximum Gasteiger partial charge on any atom is 0.392 e. The van der Waals surface area contributed by atoms with E-state index in [1.54, 1.807) is 4.90 Å². The molecular formula is C14H21BrF3NO. The summed E-state index contributed by atoms with van der Waals surface area (Å²) >= 11 is 3.43. The Morgan fingerprint density at radius 3 is 2.25 bits per heavy atom. The van der Waals surface area contributed by atoms with Gasteiger partial charge in [0.25, 0.3) is 0 Å². The molecule has 2 aliphatic rings. The molecule has 0 bridgehead atoms. The van der Waals surface area contributed by atoms with E-state index in [9.17, 15) is 18.0 Å². The number of carbonyl (C=O) groups is 1. The highest BCUT2D eigenvalue weighted by molar-refractivity contribution is 9.09. The van der Waals surface area contributed by atoms with Gasteiger partial charge in [-0.25, -0.2) is 0 Å². The molecule has 20 heavy (non-hydrogen) atoms. The third-order valence-electron chi connectivity index (χ3n) is 4.65. The molecule has 0 aromatic carbocycles. The number of alkyl halides is 4. The highest BCUT2D eigenvalue weighted by Gasteiger charge is 2.49. The molecule has 2 unspecified atom stereocenters. The van der Waals surface area contributed by atoms with Crippen LogP contribution >= 0.6 is 15.9 Å². The molecule has 2 fully saturated rings. The van der Waals surface area contributed by atoms with Crippen LogP contribution in [0.3, 0.4) is 0 Å². The lowest BCUT2D eigenvalue weighted by molar-refractivity contribution is -0.201. The van der Waals surface area contributed by atoms with Gasteiger partial charge in [0.2, 0.25) is 5.91 Å². The van der Waals surface area contributed by atoms with E-state index in [2.05, 4.69) is 15.9 Å². The Morgan fingerprint density at radius 2 is 1.70 bits per heavy atom.